The molecular weight excluding hydrogens is 212 g/mol. The van der Waals surface area contributed by atoms with Crippen LogP contribution in [0.15, 0.2) is 16.5 Å². The van der Waals surface area contributed by atoms with Gasteiger partial charge in [-0.3, -0.25) is 4.90 Å². The number of nitrogens with zero attached hydrogens (tertiary/aromatic N) is 1. The van der Waals surface area contributed by atoms with Gasteiger partial charge in [-0.15, -0.1) is 0 Å². The second kappa shape index (κ2) is 5.23. The monoisotopic (exact) mass is 236 g/mol. The van der Waals surface area contributed by atoms with Gasteiger partial charge in [-0.2, -0.15) is 0 Å². The van der Waals surface area contributed by atoms with Crippen molar-refractivity contribution in [1.82, 2.24) is 10.2 Å². The lowest BCUT2D eigenvalue weighted by Gasteiger charge is -2.40. The molecule has 2 rings (SSSR count). The Morgan fingerprint density at radius 1 is 1.41 bits per heavy atom. The molecule has 0 aromatic carbocycles. The first kappa shape index (κ1) is 12.7. The minimum atomic E-state index is 0.376. The molecule has 1 aliphatic rings. The summed E-state index contributed by atoms with van der Waals surface area (Å²) in [4.78, 5) is 2.47. The van der Waals surface area contributed by atoms with Crippen molar-refractivity contribution in [3.8, 4) is 0 Å². The van der Waals surface area contributed by atoms with E-state index in [1.807, 2.05) is 6.92 Å². The molecule has 96 valence electrons. The van der Waals surface area contributed by atoms with Crippen molar-refractivity contribution < 1.29 is 4.42 Å². The zero-order valence-corrected chi connectivity index (χ0v) is 11.4. The topological polar surface area (TPSA) is 28.4 Å². The molecule has 17 heavy (non-hydrogen) atoms. The number of furan rings is 1. The molecule has 1 aromatic heterocycles. The molecule has 2 heterocycles. The number of aryl methyl sites for hydroxylation is 1. The molecule has 1 aliphatic heterocycles. The zero-order valence-electron chi connectivity index (χ0n) is 11.4. The van der Waals surface area contributed by atoms with Crippen LogP contribution in [-0.4, -0.2) is 31.1 Å². The first-order valence-corrected chi connectivity index (χ1v) is 6.57. The van der Waals surface area contributed by atoms with Crippen LogP contribution in [0, 0.1) is 12.8 Å². The van der Waals surface area contributed by atoms with Gasteiger partial charge in [0.15, 0.2) is 0 Å². The minimum absolute atomic E-state index is 0.376. The van der Waals surface area contributed by atoms with Crippen molar-refractivity contribution in [1.29, 1.82) is 0 Å². The molecule has 0 bridgehead atoms. The standard InChI is InChI=1S/C14H24N2O/c1-10(2)7-12-8-15-9-13(16(12)4)14-6-5-11(3)17-14/h5-6,10,12-13,15H,7-9H2,1-4H3. The van der Waals surface area contributed by atoms with Crippen molar-refractivity contribution in [3.63, 3.8) is 0 Å². The predicted octanol–water partition coefficient (Wildman–Crippen LogP) is 2.58. The van der Waals surface area contributed by atoms with Crippen molar-refractivity contribution in [2.45, 2.75) is 39.3 Å². The molecule has 1 N–H and O–H groups in total. The molecule has 0 amide bonds. The van der Waals surface area contributed by atoms with E-state index in [9.17, 15) is 0 Å². The third-order valence-corrected chi connectivity index (χ3v) is 3.62. The van der Waals surface area contributed by atoms with Crippen molar-refractivity contribution >= 4 is 0 Å². The van der Waals surface area contributed by atoms with Crippen LogP contribution in [0.25, 0.3) is 0 Å². The highest BCUT2D eigenvalue weighted by atomic mass is 16.3. The second-order valence-corrected chi connectivity index (χ2v) is 5.57. The summed E-state index contributed by atoms with van der Waals surface area (Å²) in [5.74, 6) is 2.83. The SMILES string of the molecule is Cc1ccc(C2CNCC(CC(C)C)N2C)o1. The fourth-order valence-electron chi connectivity index (χ4n) is 2.66. The van der Waals surface area contributed by atoms with Crippen LogP contribution in [0.2, 0.25) is 0 Å². The highest BCUT2D eigenvalue weighted by molar-refractivity contribution is 5.11. The van der Waals surface area contributed by atoms with Gasteiger partial charge in [0.2, 0.25) is 0 Å². The van der Waals surface area contributed by atoms with Crippen LogP contribution in [0.3, 0.4) is 0 Å². The lowest BCUT2D eigenvalue weighted by molar-refractivity contribution is 0.0990. The van der Waals surface area contributed by atoms with E-state index in [2.05, 4.69) is 43.2 Å². The zero-order chi connectivity index (χ0) is 12.4. The number of nitrogens with one attached hydrogen (secondary N) is 1. The summed E-state index contributed by atoms with van der Waals surface area (Å²) >= 11 is 0. The van der Waals surface area contributed by atoms with Gasteiger partial charge in [0, 0.05) is 19.1 Å². The Balaban J connectivity index is 2.08. The third kappa shape index (κ3) is 2.90. The Morgan fingerprint density at radius 3 is 2.76 bits per heavy atom. The lowest BCUT2D eigenvalue weighted by atomic mass is 9.98. The second-order valence-electron chi connectivity index (χ2n) is 5.57. The van der Waals surface area contributed by atoms with Gasteiger partial charge in [-0.25, -0.2) is 0 Å². The van der Waals surface area contributed by atoms with Gasteiger partial charge in [0.1, 0.15) is 11.5 Å². The van der Waals surface area contributed by atoms with Crippen molar-refractivity contribution in [3.05, 3.63) is 23.7 Å². The number of piperazine rings is 1. The molecule has 0 radical (unpaired) electrons. The maximum Gasteiger partial charge on any atom is 0.122 e. The van der Waals surface area contributed by atoms with E-state index in [0.717, 1.165) is 30.5 Å². The van der Waals surface area contributed by atoms with Crippen LogP contribution in [0.4, 0.5) is 0 Å². The first-order chi connectivity index (χ1) is 8.08. The smallest absolute Gasteiger partial charge is 0.122 e. The van der Waals surface area contributed by atoms with E-state index >= 15 is 0 Å². The van der Waals surface area contributed by atoms with Crippen LogP contribution < -0.4 is 5.32 Å². The Morgan fingerprint density at radius 2 is 2.18 bits per heavy atom. The molecule has 2 atom stereocenters. The number of rotatable bonds is 3. The highest BCUT2D eigenvalue weighted by Crippen LogP contribution is 2.27. The van der Waals surface area contributed by atoms with E-state index < -0.39 is 0 Å². The van der Waals surface area contributed by atoms with Gasteiger partial charge < -0.3 is 9.73 Å². The summed E-state index contributed by atoms with van der Waals surface area (Å²) in [6, 6.07) is 5.14. The third-order valence-electron chi connectivity index (χ3n) is 3.62. The molecule has 1 saturated heterocycles. The van der Waals surface area contributed by atoms with E-state index in [1.165, 1.54) is 6.42 Å². The van der Waals surface area contributed by atoms with Gasteiger partial charge in [0.05, 0.1) is 6.04 Å². The average Bonchev–Trinajstić information content (AvgIpc) is 2.67. The molecule has 3 nitrogen and oxygen atoms in total. The lowest BCUT2D eigenvalue weighted by Crippen LogP contribution is -2.51. The van der Waals surface area contributed by atoms with Crippen molar-refractivity contribution in [2.24, 2.45) is 5.92 Å². The summed E-state index contributed by atoms with van der Waals surface area (Å²) < 4.78 is 5.77. The Bertz CT molecular complexity index is 359. The Kier molecular flexibility index (Phi) is 3.89. The summed E-state index contributed by atoms with van der Waals surface area (Å²) in [6.07, 6.45) is 1.24. The maximum absolute atomic E-state index is 5.77. The number of likely N-dealkylation sites (N-methyl/N-ethyl adjacent to an activating group) is 1. The van der Waals surface area contributed by atoms with Crippen LogP contribution in [0.1, 0.15) is 37.8 Å². The van der Waals surface area contributed by atoms with Gasteiger partial charge >= 0.3 is 0 Å². The van der Waals surface area contributed by atoms with Crippen LogP contribution in [0.5, 0.6) is 0 Å². The first-order valence-electron chi connectivity index (χ1n) is 6.57. The van der Waals surface area contributed by atoms with Crippen molar-refractivity contribution in [2.75, 3.05) is 20.1 Å². The Labute approximate surface area is 104 Å². The summed E-state index contributed by atoms with van der Waals surface area (Å²) in [5, 5.41) is 3.53. The van der Waals surface area contributed by atoms with E-state index in [1.54, 1.807) is 0 Å². The quantitative estimate of drug-likeness (QED) is 0.874. The minimum Gasteiger partial charge on any atom is -0.465 e. The Hall–Kier alpha value is -0.800. The maximum atomic E-state index is 5.77. The van der Waals surface area contributed by atoms with E-state index in [0.29, 0.717) is 12.1 Å². The van der Waals surface area contributed by atoms with Gasteiger partial charge in [-0.1, -0.05) is 13.8 Å². The van der Waals surface area contributed by atoms with Gasteiger partial charge in [0.25, 0.3) is 0 Å². The number of hydrogen-bond acceptors (Lipinski definition) is 3. The number of hydrogen-bond donors (Lipinski definition) is 1. The van der Waals surface area contributed by atoms with E-state index in [4.69, 9.17) is 4.42 Å². The molecule has 0 aliphatic carbocycles. The predicted molar refractivity (Wildman–Crippen MR) is 70.1 cm³/mol. The molecule has 1 fully saturated rings. The van der Waals surface area contributed by atoms with Crippen LogP contribution >= 0.6 is 0 Å². The van der Waals surface area contributed by atoms with Crippen LogP contribution in [-0.2, 0) is 0 Å². The molecule has 0 saturated carbocycles. The largest absolute Gasteiger partial charge is 0.465 e. The van der Waals surface area contributed by atoms with Gasteiger partial charge in [-0.05, 0) is 38.4 Å². The molecular formula is C14H24N2O. The molecule has 0 spiro atoms. The van der Waals surface area contributed by atoms with E-state index in [-0.39, 0.29) is 0 Å². The summed E-state index contributed by atoms with van der Waals surface area (Å²) in [6.45, 7) is 8.65. The highest BCUT2D eigenvalue weighted by Gasteiger charge is 2.30. The summed E-state index contributed by atoms with van der Waals surface area (Å²) in [7, 11) is 2.22. The average molecular weight is 236 g/mol. The molecule has 2 unspecified atom stereocenters. The fraction of sp³-hybridized carbons (Fsp3) is 0.714. The summed E-state index contributed by atoms with van der Waals surface area (Å²) in [5.41, 5.74) is 0. The molecule has 3 heteroatoms. The molecule has 1 aromatic rings. The normalized spacial score (nSPS) is 26.6. The fourth-order valence-corrected chi connectivity index (χ4v) is 2.66.